The minimum atomic E-state index is -2.44. The lowest BCUT2D eigenvalue weighted by atomic mass is 9.94. The number of nitrogens with one attached hydrogen (secondary N) is 1. The number of piperidine rings is 1. The van der Waals surface area contributed by atoms with E-state index in [4.69, 9.17) is 0 Å². The molecular weight excluding hydrogens is 136 g/mol. The summed E-state index contributed by atoms with van der Waals surface area (Å²) in [6.45, 7) is 0.692. The van der Waals surface area contributed by atoms with Crippen LogP contribution in [-0.4, -0.2) is 19.0 Å². The highest BCUT2D eigenvalue weighted by atomic mass is 19.3. The molecule has 0 bridgehead atoms. The maximum atomic E-state index is 12.7. The predicted octanol–water partition coefficient (Wildman–Crippen LogP) is 1.40. The lowest BCUT2D eigenvalue weighted by Crippen LogP contribution is -2.44. The zero-order chi connectivity index (χ0) is 7.24. The molecule has 3 heteroatoms. The fraction of sp³-hybridized carbons (Fsp3) is 1.00. The molecule has 1 N–H and O–H groups in total. The quantitative estimate of drug-likeness (QED) is 0.546. The first-order chi connectivity index (χ1) is 4.62. The summed E-state index contributed by atoms with van der Waals surface area (Å²) in [4.78, 5) is 0. The van der Waals surface area contributed by atoms with Gasteiger partial charge in [-0.1, -0.05) is 0 Å². The topological polar surface area (TPSA) is 12.0 Å². The van der Waals surface area contributed by atoms with Crippen molar-refractivity contribution >= 4 is 0 Å². The van der Waals surface area contributed by atoms with Crippen LogP contribution in [0.25, 0.3) is 0 Å². The van der Waals surface area contributed by atoms with Crippen LogP contribution in [0.3, 0.4) is 0 Å². The van der Waals surface area contributed by atoms with Crippen molar-refractivity contribution in [1.29, 1.82) is 0 Å². The van der Waals surface area contributed by atoms with Crippen molar-refractivity contribution in [1.82, 2.24) is 5.32 Å². The van der Waals surface area contributed by atoms with Gasteiger partial charge in [0.05, 0.1) is 6.54 Å². The Morgan fingerprint density at radius 1 is 1.10 bits per heavy atom. The summed E-state index contributed by atoms with van der Waals surface area (Å²) < 4.78 is 25.4. The van der Waals surface area contributed by atoms with E-state index in [0.29, 0.717) is 0 Å². The minimum absolute atomic E-state index is 0.00174. The van der Waals surface area contributed by atoms with E-state index in [1.54, 1.807) is 0 Å². The molecule has 2 rings (SSSR count). The summed E-state index contributed by atoms with van der Waals surface area (Å²) in [5.74, 6) is -2.44. The Bertz CT molecular complexity index is 148. The molecule has 0 radical (unpaired) electrons. The maximum absolute atomic E-state index is 12.7. The summed E-state index contributed by atoms with van der Waals surface area (Å²) in [6, 6.07) is 0. The van der Waals surface area contributed by atoms with Crippen molar-refractivity contribution in [2.24, 2.45) is 5.41 Å². The Morgan fingerprint density at radius 2 is 1.80 bits per heavy atom. The van der Waals surface area contributed by atoms with E-state index < -0.39 is 5.92 Å². The van der Waals surface area contributed by atoms with Crippen molar-refractivity contribution < 1.29 is 8.78 Å². The van der Waals surface area contributed by atoms with Gasteiger partial charge in [0.15, 0.2) is 0 Å². The highest BCUT2D eigenvalue weighted by Gasteiger charge is 2.52. The molecule has 1 nitrogen and oxygen atoms in total. The first-order valence-electron chi connectivity index (χ1n) is 3.71. The average Bonchev–Trinajstić information content (AvgIpc) is 2.45. The largest absolute Gasteiger partial charge is 0.311 e. The third-order valence-corrected chi connectivity index (χ3v) is 2.47. The Hall–Kier alpha value is -0.180. The van der Waals surface area contributed by atoms with Crippen molar-refractivity contribution in [2.75, 3.05) is 13.1 Å². The van der Waals surface area contributed by atoms with Gasteiger partial charge in [0.1, 0.15) is 0 Å². The third kappa shape index (κ3) is 1.03. The fourth-order valence-corrected chi connectivity index (χ4v) is 1.71. The highest BCUT2D eigenvalue weighted by Crippen LogP contribution is 2.53. The van der Waals surface area contributed by atoms with Gasteiger partial charge < -0.3 is 5.32 Å². The first-order valence-corrected chi connectivity index (χ1v) is 3.71. The molecule has 1 heterocycles. The van der Waals surface area contributed by atoms with E-state index in [-0.39, 0.29) is 18.4 Å². The van der Waals surface area contributed by atoms with E-state index in [0.717, 1.165) is 19.4 Å². The van der Waals surface area contributed by atoms with Gasteiger partial charge in [-0.3, -0.25) is 0 Å². The molecule has 0 aromatic carbocycles. The summed E-state index contributed by atoms with van der Waals surface area (Å²) in [5, 5.41) is 2.78. The molecule has 2 aliphatic rings. The zero-order valence-corrected chi connectivity index (χ0v) is 5.79. The highest BCUT2D eigenvalue weighted by molar-refractivity contribution is 5.01. The molecule has 2 fully saturated rings. The Balaban J connectivity index is 2.04. The molecule has 10 heavy (non-hydrogen) atoms. The van der Waals surface area contributed by atoms with Gasteiger partial charge in [-0.05, 0) is 18.3 Å². The second kappa shape index (κ2) is 1.70. The Morgan fingerprint density at radius 3 is 2.20 bits per heavy atom. The molecular formula is C7H11F2N. The molecule has 0 amide bonds. The molecule has 1 saturated carbocycles. The molecule has 1 aliphatic carbocycles. The fourth-order valence-electron chi connectivity index (χ4n) is 1.71. The van der Waals surface area contributed by atoms with E-state index in [1.165, 1.54) is 0 Å². The predicted molar refractivity (Wildman–Crippen MR) is 34.1 cm³/mol. The van der Waals surface area contributed by atoms with E-state index in [9.17, 15) is 8.78 Å². The Kier molecular flexibility index (Phi) is 1.11. The van der Waals surface area contributed by atoms with E-state index in [1.807, 2.05) is 0 Å². The van der Waals surface area contributed by atoms with Crippen LogP contribution in [-0.2, 0) is 0 Å². The van der Waals surface area contributed by atoms with Gasteiger partial charge in [-0.25, -0.2) is 8.78 Å². The normalized spacial score (nSPS) is 34.2. The van der Waals surface area contributed by atoms with Gasteiger partial charge in [0, 0.05) is 13.0 Å². The third-order valence-electron chi connectivity index (χ3n) is 2.47. The lowest BCUT2D eigenvalue weighted by Gasteiger charge is -2.29. The number of rotatable bonds is 0. The van der Waals surface area contributed by atoms with Crippen LogP contribution in [0.4, 0.5) is 8.78 Å². The van der Waals surface area contributed by atoms with E-state index >= 15 is 0 Å². The second-order valence-electron chi connectivity index (χ2n) is 3.64. The summed E-state index contributed by atoms with van der Waals surface area (Å²) in [5.41, 5.74) is 0.00174. The van der Waals surface area contributed by atoms with Crippen molar-refractivity contribution in [2.45, 2.75) is 25.2 Å². The van der Waals surface area contributed by atoms with Crippen LogP contribution in [0, 0.1) is 5.41 Å². The molecule has 1 aliphatic heterocycles. The summed E-state index contributed by atoms with van der Waals surface area (Å²) >= 11 is 0. The summed E-state index contributed by atoms with van der Waals surface area (Å²) in [6.07, 6.45) is 2.11. The maximum Gasteiger partial charge on any atom is 0.260 e. The molecule has 58 valence electrons. The van der Waals surface area contributed by atoms with Gasteiger partial charge in [-0.2, -0.15) is 0 Å². The molecule has 0 atom stereocenters. The molecule has 0 aromatic rings. The average molecular weight is 147 g/mol. The van der Waals surface area contributed by atoms with Gasteiger partial charge in [0.25, 0.3) is 5.92 Å². The lowest BCUT2D eigenvalue weighted by molar-refractivity contribution is -0.0446. The van der Waals surface area contributed by atoms with Crippen molar-refractivity contribution in [3.63, 3.8) is 0 Å². The van der Waals surface area contributed by atoms with E-state index in [2.05, 4.69) is 5.32 Å². The van der Waals surface area contributed by atoms with Crippen LogP contribution in [0.5, 0.6) is 0 Å². The molecule has 0 aromatic heterocycles. The van der Waals surface area contributed by atoms with Gasteiger partial charge in [-0.15, -0.1) is 0 Å². The second-order valence-corrected chi connectivity index (χ2v) is 3.64. The SMILES string of the molecule is FC1(F)CNCC2(CC2)C1. The molecule has 1 spiro atoms. The number of alkyl halides is 2. The molecule has 0 unspecified atom stereocenters. The minimum Gasteiger partial charge on any atom is -0.311 e. The Labute approximate surface area is 58.8 Å². The van der Waals surface area contributed by atoms with Crippen LogP contribution in [0.1, 0.15) is 19.3 Å². The van der Waals surface area contributed by atoms with Gasteiger partial charge >= 0.3 is 0 Å². The standard InChI is InChI=1S/C7H11F2N/c8-7(9)3-6(1-2-6)4-10-5-7/h10H,1-5H2. The van der Waals surface area contributed by atoms with Crippen LogP contribution in [0.2, 0.25) is 0 Å². The van der Waals surface area contributed by atoms with Crippen molar-refractivity contribution in [3.05, 3.63) is 0 Å². The number of halogens is 2. The summed E-state index contributed by atoms with van der Waals surface area (Å²) in [7, 11) is 0. The zero-order valence-electron chi connectivity index (χ0n) is 5.79. The molecule has 1 saturated heterocycles. The smallest absolute Gasteiger partial charge is 0.260 e. The number of hydrogen-bond acceptors (Lipinski definition) is 1. The van der Waals surface area contributed by atoms with Crippen LogP contribution < -0.4 is 5.32 Å². The monoisotopic (exact) mass is 147 g/mol. The van der Waals surface area contributed by atoms with Crippen LogP contribution in [0.15, 0.2) is 0 Å². The first kappa shape index (κ1) is 6.53. The van der Waals surface area contributed by atoms with Crippen molar-refractivity contribution in [3.8, 4) is 0 Å². The van der Waals surface area contributed by atoms with Crippen LogP contribution >= 0.6 is 0 Å². The van der Waals surface area contributed by atoms with Gasteiger partial charge in [0.2, 0.25) is 0 Å². The number of hydrogen-bond donors (Lipinski definition) is 1.